The first-order valence-corrected chi connectivity index (χ1v) is 8.55. The number of imide groups is 2. The summed E-state index contributed by atoms with van der Waals surface area (Å²) in [4.78, 5) is 38.2. The fourth-order valence-electron chi connectivity index (χ4n) is 3.10. The van der Waals surface area contributed by atoms with Gasteiger partial charge in [0, 0.05) is 23.0 Å². The van der Waals surface area contributed by atoms with E-state index in [4.69, 9.17) is 11.6 Å². The summed E-state index contributed by atoms with van der Waals surface area (Å²) in [5, 5.41) is 2.70. The number of benzene rings is 1. The number of hydrogen-bond acceptors (Lipinski definition) is 3. The predicted molar refractivity (Wildman–Crippen MR) is 100 cm³/mol. The van der Waals surface area contributed by atoms with Crippen LogP contribution in [-0.4, -0.2) is 22.4 Å². The van der Waals surface area contributed by atoms with Gasteiger partial charge in [-0.25, -0.2) is 9.69 Å². The molecule has 2 heterocycles. The number of amides is 4. The molecule has 26 heavy (non-hydrogen) atoms. The van der Waals surface area contributed by atoms with Crippen molar-refractivity contribution in [1.29, 1.82) is 0 Å². The number of urea groups is 1. The third-order valence-electron chi connectivity index (χ3n) is 4.42. The van der Waals surface area contributed by atoms with E-state index < -0.39 is 17.8 Å². The molecule has 0 radical (unpaired) electrons. The number of aromatic nitrogens is 1. The van der Waals surface area contributed by atoms with Crippen LogP contribution in [0, 0.1) is 13.8 Å². The van der Waals surface area contributed by atoms with Gasteiger partial charge in [-0.05, 0) is 62.7 Å². The number of nitrogens with zero attached hydrogens (tertiary/aromatic N) is 2. The van der Waals surface area contributed by atoms with Gasteiger partial charge in [-0.15, -0.1) is 0 Å². The third kappa shape index (κ3) is 3.04. The van der Waals surface area contributed by atoms with E-state index in [1.807, 2.05) is 26.8 Å². The summed E-state index contributed by atoms with van der Waals surface area (Å²) >= 11 is 5.86. The van der Waals surface area contributed by atoms with E-state index in [2.05, 4.69) is 9.88 Å². The van der Waals surface area contributed by atoms with Crippen LogP contribution in [0.15, 0.2) is 35.9 Å². The van der Waals surface area contributed by atoms with Gasteiger partial charge in [0.25, 0.3) is 11.8 Å². The lowest BCUT2D eigenvalue weighted by atomic mass is 10.1. The Labute approximate surface area is 156 Å². The molecule has 2 aromatic rings. The zero-order valence-corrected chi connectivity index (χ0v) is 15.4. The summed E-state index contributed by atoms with van der Waals surface area (Å²) in [5.41, 5.74) is 3.01. The first-order chi connectivity index (χ1) is 12.3. The maximum Gasteiger partial charge on any atom is 0.335 e. The van der Waals surface area contributed by atoms with Gasteiger partial charge in [-0.3, -0.25) is 14.9 Å². The fourth-order valence-corrected chi connectivity index (χ4v) is 3.22. The second-order valence-corrected chi connectivity index (χ2v) is 6.44. The van der Waals surface area contributed by atoms with Crippen LogP contribution in [0.4, 0.5) is 10.5 Å². The number of halogens is 1. The molecule has 0 bridgehead atoms. The highest BCUT2D eigenvalue weighted by Crippen LogP contribution is 2.25. The highest BCUT2D eigenvalue weighted by atomic mass is 35.5. The molecule has 6 nitrogen and oxygen atoms in total. The van der Waals surface area contributed by atoms with Crippen molar-refractivity contribution in [2.24, 2.45) is 0 Å². The van der Waals surface area contributed by atoms with E-state index in [0.717, 1.165) is 28.4 Å². The number of nitrogens with one attached hydrogen (secondary N) is 1. The van der Waals surface area contributed by atoms with Gasteiger partial charge >= 0.3 is 6.03 Å². The maximum absolute atomic E-state index is 12.8. The molecule has 1 aliphatic rings. The van der Waals surface area contributed by atoms with Crippen LogP contribution >= 0.6 is 11.6 Å². The second-order valence-electron chi connectivity index (χ2n) is 6.00. The summed E-state index contributed by atoms with van der Waals surface area (Å²) in [5.74, 6) is -1.37. The van der Waals surface area contributed by atoms with Gasteiger partial charge in [0.05, 0.1) is 5.69 Å². The van der Waals surface area contributed by atoms with Gasteiger partial charge in [-0.1, -0.05) is 11.6 Å². The first-order valence-electron chi connectivity index (χ1n) is 8.17. The molecular weight excluding hydrogens is 354 g/mol. The summed E-state index contributed by atoms with van der Waals surface area (Å²) in [7, 11) is 0. The minimum absolute atomic E-state index is 0.0871. The lowest BCUT2D eigenvalue weighted by molar-refractivity contribution is -0.122. The maximum atomic E-state index is 12.8. The summed E-state index contributed by atoms with van der Waals surface area (Å²) in [6.45, 7) is 6.70. The Balaban J connectivity index is 2.04. The standard InChI is InChI=1S/C19H18ClN3O3/c1-4-22-11(2)9-13(12(22)3)10-16-17(24)21-19(26)23(18(16)25)15-7-5-14(20)6-8-15/h5-10H,4H2,1-3H3,(H,21,24,26)/b16-10+. The van der Waals surface area contributed by atoms with E-state index in [1.165, 1.54) is 6.08 Å². The first kappa shape index (κ1) is 17.9. The topological polar surface area (TPSA) is 71.4 Å². The van der Waals surface area contributed by atoms with Crippen LogP contribution in [0.3, 0.4) is 0 Å². The molecule has 0 saturated carbocycles. The van der Waals surface area contributed by atoms with Crippen LogP contribution in [-0.2, 0) is 16.1 Å². The van der Waals surface area contributed by atoms with E-state index in [9.17, 15) is 14.4 Å². The lowest BCUT2D eigenvalue weighted by Crippen LogP contribution is -2.54. The molecule has 1 aliphatic heterocycles. The predicted octanol–water partition coefficient (Wildman–Crippen LogP) is 3.44. The van der Waals surface area contributed by atoms with Crippen molar-refractivity contribution < 1.29 is 14.4 Å². The van der Waals surface area contributed by atoms with Gasteiger partial charge in [0.2, 0.25) is 0 Å². The van der Waals surface area contributed by atoms with Gasteiger partial charge in [0.15, 0.2) is 0 Å². The highest BCUT2D eigenvalue weighted by molar-refractivity contribution is 6.39. The third-order valence-corrected chi connectivity index (χ3v) is 4.67. The number of anilines is 1. The van der Waals surface area contributed by atoms with Crippen molar-refractivity contribution in [3.05, 3.63) is 57.9 Å². The smallest absolute Gasteiger partial charge is 0.335 e. The molecule has 0 aliphatic carbocycles. The zero-order chi connectivity index (χ0) is 19.0. The number of carbonyl (C=O) groups is 3. The molecule has 1 fully saturated rings. The summed E-state index contributed by atoms with van der Waals surface area (Å²) in [6.07, 6.45) is 1.53. The van der Waals surface area contributed by atoms with Crippen LogP contribution in [0.1, 0.15) is 23.9 Å². The van der Waals surface area contributed by atoms with Crippen molar-refractivity contribution in [1.82, 2.24) is 9.88 Å². The monoisotopic (exact) mass is 371 g/mol. The average Bonchev–Trinajstić information content (AvgIpc) is 2.86. The van der Waals surface area contributed by atoms with Gasteiger partial charge < -0.3 is 4.57 Å². The Bertz CT molecular complexity index is 942. The highest BCUT2D eigenvalue weighted by Gasteiger charge is 2.36. The molecule has 0 unspecified atom stereocenters. The molecule has 0 atom stereocenters. The number of rotatable bonds is 3. The lowest BCUT2D eigenvalue weighted by Gasteiger charge is -2.26. The minimum Gasteiger partial charge on any atom is -0.349 e. The van der Waals surface area contributed by atoms with Crippen LogP contribution in [0.2, 0.25) is 5.02 Å². The molecule has 7 heteroatoms. The van der Waals surface area contributed by atoms with E-state index >= 15 is 0 Å². The normalized spacial score (nSPS) is 16.4. The van der Waals surface area contributed by atoms with E-state index in [0.29, 0.717) is 10.7 Å². The SMILES string of the molecule is CCn1c(C)cc(/C=C2\C(=O)NC(=O)N(c3ccc(Cl)cc3)C2=O)c1C. The number of aryl methyl sites for hydroxylation is 1. The summed E-state index contributed by atoms with van der Waals surface area (Å²) in [6, 6.07) is 7.39. The molecule has 1 saturated heterocycles. The number of carbonyl (C=O) groups excluding carboxylic acids is 3. The van der Waals surface area contributed by atoms with E-state index in [1.54, 1.807) is 24.3 Å². The molecule has 1 aromatic heterocycles. The van der Waals surface area contributed by atoms with Crippen LogP contribution in [0.5, 0.6) is 0 Å². The number of barbiturate groups is 1. The average molecular weight is 372 g/mol. The molecule has 1 aromatic carbocycles. The van der Waals surface area contributed by atoms with Crippen molar-refractivity contribution >= 4 is 41.2 Å². The van der Waals surface area contributed by atoms with Crippen molar-refractivity contribution in [3.63, 3.8) is 0 Å². The zero-order valence-electron chi connectivity index (χ0n) is 14.7. The summed E-state index contributed by atoms with van der Waals surface area (Å²) < 4.78 is 2.08. The van der Waals surface area contributed by atoms with Crippen molar-refractivity contribution in [3.8, 4) is 0 Å². The van der Waals surface area contributed by atoms with Crippen LogP contribution < -0.4 is 10.2 Å². The molecule has 4 amide bonds. The molecule has 1 N–H and O–H groups in total. The fraction of sp³-hybridized carbons (Fsp3) is 0.211. The quantitative estimate of drug-likeness (QED) is 0.663. The molecular formula is C19H18ClN3O3. The Morgan fingerprint density at radius 2 is 1.77 bits per heavy atom. The molecule has 3 rings (SSSR count). The second kappa shape index (κ2) is 6.80. The van der Waals surface area contributed by atoms with Crippen LogP contribution in [0.25, 0.3) is 6.08 Å². The van der Waals surface area contributed by atoms with Gasteiger partial charge in [0.1, 0.15) is 5.57 Å². The molecule has 134 valence electrons. The van der Waals surface area contributed by atoms with Crippen molar-refractivity contribution in [2.75, 3.05) is 4.90 Å². The Kier molecular flexibility index (Phi) is 4.70. The Hall–Kier alpha value is -2.86. The largest absolute Gasteiger partial charge is 0.349 e. The van der Waals surface area contributed by atoms with Gasteiger partial charge in [-0.2, -0.15) is 0 Å². The Morgan fingerprint density at radius 3 is 2.35 bits per heavy atom. The Morgan fingerprint density at radius 1 is 1.12 bits per heavy atom. The minimum atomic E-state index is -0.779. The molecule has 0 spiro atoms. The van der Waals surface area contributed by atoms with E-state index in [-0.39, 0.29) is 5.57 Å². The van der Waals surface area contributed by atoms with Crippen molar-refractivity contribution in [2.45, 2.75) is 27.3 Å². The number of hydrogen-bond donors (Lipinski definition) is 1.